The van der Waals surface area contributed by atoms with Gasteiger partial charge in [-0.25, -0.2) is 9.18 Å². The number of benzene rings is 1. The maximum absolute atomic E-state index is 13.1. The first-order chi connectivity index (χ1) is 6.54. The fraction of sp³-hybridized carbons (Fsp3) is 0.222. The molecule has 0 saturated heterocycles. The third-order valence-corrected chi connectivity index (χ3v) is 1.86. The Hall–Kier alpha value is -1.46. The molecule has 0 aliphatic rings. The van der Waals surface area contributed by atoms with E-state index in [4.69, 9.17) is 15.9 Å². The van der Waals surface area contributed by atoms with Crippen molar-refractivity contribution in [2.24, 2.45) is 5.73 Å². The van der Waals surface area contributed by atoms with Crippen LogP contribution in [0.15, 0.2) is 24.3 Å². The highest BCUT2D eigenvalue weighted by atomic mass is 19.1. The second kappa shape index (κ2) is 4.17. The van der Waals surface area contributed by atoms with Gasteiger partial charge in [0.05, 0.1) is 6.04 Å². The van der Waals surface area contributed by atoms with Crippen molar-refractivity contribution in [3.63, 3.8) is 0 Å². The Morgan fingerprint density at radius 1 is 1.43 bits per heavy atom. The summed E-state index contributed by atoms with van der Waals surface area (Å²) in [4.78, 5) is 10.4. The Balaban J connectivity index is 2.94. The quantitative estimate of drug-likeness (QED) is 0.652. The van der Waals surface area contributed by atoms with Crippen LogP contribution >= 0.6 is 0 Å². The standard InChI is InChI=1S/C9H10FNO3/c10-6-4-2-1-3-5(6)7(11)8(12)9(13)14/h1-4,7-8,12H,11H2,(H,13,14)/t7?,8-/m1/s1. The summed E-state index contributed by atoms with van der Waals surface area (Å²) in [5, 5.41) is 17.5. The molecule has 0 bridgehead atoms. The molecule has 0 spiro atoms. The van der Waals surface area contributed by atoms with Crippen molar-refractivity contribution in [3.8, 4) is 0 Å². The zero-order chi connectivity index (χ0) is 10.7. The fourth-order valence-corrected chi connectivity index (χ4v) is 1.07. The monoisotopic (exact) mass is 199 g/mol. The van der Waals surface area contributed by atoms with Gasteiger partial charge in [0, 0.05) is 5.56 Å². The lowest BCUT2D eigenvalue weighted by Gasteiger charge is -2.15. The van der Waals surface area contributed by atoms with E-state index in [1.54, 1.807) is 0 Å². The molecule has 0 aromatic heterocycles. The molecule has 0 saturated carbocycles. The molecular formula is C9H10FNO3. The number of hydrogen-bond donors (Lipinski definition) is 3. The summed E-state index contributed by atoms with van der Waals surface area (Å²) in [5.74, 6) is -2.10. The number of halogens is 1. The molecule has 5 heteroatoms. The summed E-state index contributed by atoms with van der Waals surface area (Å²) in [6, 6.07) is 4.22. The highest BCUT2D eigenvalue weighted by molar-refractivity contribution is 5.73. The molecule has 2 atom stereocenters. The Morgan fingerprint density at radius 3 is 2.50 bits per heavy atom. The number of nitrogens with two attached hydrogens (primary N) is 1. The molecule has 14 heavy (non-hydrogen) atoms. The molecule has 0 fully saturated rings. The smallest absolute Gasteiger partial charge is 0.334 e. The summed E-state index contributed by atoms with van der Waals surface area (Å²) >= 11 is 0. The van der Waals surface area contributed by atoms with Crippen LogP contribution in [0.1, 0.15) is 11.6 Å². The van der Waals surface area contributed by atoms with Crippen LogP contribution in [0.2, 0.25) is 0 Å². The van der Waals surface area contributed by atoms with E-state index in [2.05, 4.69) is 0 Å². The predicted molar refractivity (Wildman–Crippen MR) is 47.0 cm³/mol. The van der Waals surface area contributed by atoms with Crippen molar-refractivity contribution in [2.75, 3.05) is 0 Å². The van der Waals surface area contributed by atoms with Crippen LogP contribution in [0.3, 0.4) is 0 Å². The van der Waals surface area contributed by atoms with E-state index in [0.29, 0.717) is 0 Å². The van der Waals surface area contributed by atoms with Gasteiger partial charge in [-0.05, 0) is 6.07 Å². The second-order valence-electron chi connectivity index (χ2n) is 2.83. The SMILES string of the molecule is NC(c1ccccc1F)[C@@H](O)C(=O)O. The first-order valence-corrected chi connectivity index (χ1v) is 3.95. The van der Waals surface area contributed by atoms with Crippen molar-refractivity contribution in [1.82, 2.24) is 0 Å². The maximum Gasteiger partial charge on any atom is 0.334 e. The molecule has 1 aromatic carbocycles. The van der Waals surface area contributed by atoms with Crippen LogP contribution < -0.4 is 5.73 Å². The maximum atomic E-state index is 13.1. The van der Waals surface area contributed by atoms with Crippen LogP contribution in [-0.2, 0) is 4.79 Å². The van der Waals surface area contributed by atoms with Gasteiger partial charge < -0.3 is 15.9 Å². The number of aliphatic hydroxyl groups excluding tert-OH is 1. The second-order valence-corrected chi connectivity index (χ2v) is 2.83. The number of carboxylic acids is 1. The van der Waals surface area contributed by atoms with Gasteiger partial charge in [0.15, 0.2) is 6.10 Å². The van der Waals surface area contributed by atoms with E-state index in [0.717, 1.165) is 6.07 Å². The Kier molecular flexibility index (Phi) is 3.16. The fourth-order valence-electron chi connectivity index (χ4n) is 1.07. The topological polar surface area (TPSA) is 83.5 Å². The Morgan fingerprint density at radius 2 is 2.00 bits per heavy atom. The van der Waals surface area contributed by atoms with E-state index in [9.17, 15) is 9.18 Å². The van der Waals surface area contributed by atoms with E-state index in [-0.39, 0.29) is 5.56 Å². The van der Waals surface area contributed by atoms with E-state index >= 15 is 0 Å². The average molecular weight is 199 g/mol. The first-order valence-electron chi connectivity index (χ1n) is 3.95. The molecule has 0 aliphatic carbocycles. The molecule has 0 heterocycles. The molecule has 1 aromatic rings. The summed E-state index contributed by atoms with van der Waals surface area (Å²) in [6.07, 6.45) is -1.80. The van der Waals surface area contributed by atoms with Crippen molar-refractivity contribution in [2.45, 2.75) is 12.1 Å². The van der Waals surface area contributed by atoms with Crippen molar-refractivity contribution in [3.05, 3.63) is 35.6 Å². The van der Waals surface area contributed by atoms with Gasteiger partial charge in [0.25, 0.3) is 0 Å². The molecule has 0 aliphatic heterocycles. The summed E-state index contributed by atoms with van der Waals surface area (Å²) in [5.41, 5.74) is 5.36. The molecule has 1 unspecified atom stereocenters. The zero-order valence-corrected chi connectivity index (χ0v) is 7.22. The number of rotatable bonds is 3. The van der Waals surface area contributed by atoms with Gasteiger partial charge in [-0.3, -0.25) is 0 Å². The molecular weight excluding hydrogens is 189 g/mol. The molecule has 0 amide bonds. The van der Waals surface area contributed by atoms with Gasteiger partial charge in [0.1, 0.15) is 5.82 Å². The van der Waals surface area contributed by atoms with Gasteiger partial charge >= 0.3 is 5.97 Å². The summed E-state index contributed by atoms with van der Waals surface area (Å²) < 4.78 is 13.1. The Bertz CT molecular complexity index is 343. The molecule has 1 rings (SSSR count). The Labute approximate surface area is 79.8 Å². The normalized spacial score (nSPS) is 14.8. The highest BCUT2D eigenvalue weighted by Crippen LogP contribution is 2.17. The van der Waals surface area contributed by atoms with Crippen molar-refractivity contribution < 1.29 is 19.4 Å². The molecule has 4 nitrogen and oxygen atoms in total. The molecule has 0 radical (unpaired) electrons. The average Bonchev–Trinajstić information content (AvgIpc) is 2.16. The first kappa shape index (κ1) is 10.6. The van der Waals surface area contributed by atoms with Gasteiger partial charge in [-0.15, -0.1) is 0 Å². The summed E-state index contributed by atoms with van der Waals surface area (Å²) in [6.45, 7) is 0. The minimum absolute atomic E-state index is 0.0117. The number of carbonyl (C=O) groups is 1. The van der Waals surface area contributed by atoms with Crippen LogP contribution in [0, 0.1) is 5.82 Å². The number of hydrogen-bond acceptors (Lipinski definition) is 3. The number of aliphatic carboxylic acids is 1. The largest absolute Gasteiger partial charge is 0.479 e. The lowest BCUT2D eigenvalue weighted by Crippen LogP contribution is -2.33. The lowest BCUT2D eigenvalue weighted by molar-refractivity contribution is -0.147. The number of carboxylic acid groups (broad SMARTS) is 1. The van der Waals surface area contributed by atoms with Crippen LogP contribution in [-0.4, -0.2) is 22.3 Å². The predicted octanol–water partition coefficient (Wildman–Crippen LogP) is 0.271. The zero-order valence-electron chi connectivity index (χ0n) is 7.22. The van der Waals surface area contributed by atoms with Crippen LogP contribution in [0.4, 0.5) is 4.39 Å². The van der Waals surface area contributed by atoms with E-state index in [1.807, 2.05) is 0 Å². The third kappa shape index (κ3) is 2.07. The molecule has 76 valence electrons. The highest BCUT2D eigenvalue weighted by Gasteiger charge is 2.25. The lowest BCUT2D eigenvalue weighted by atomic mass is 10.0. The van der Waals surface area contributed by atoms with Crippen molar-refractivity contribution >= 4 is 5.97 Å². The van der Waals surface area contributed by atoms with Crippen molar-refractivity contribution in [1.29, 1.82) is 0 Å². The van der Waals surface area contributed by atoms with Gasteiger partial charge in [-0.2, -0.15) is 0 Å². The van der Waals surface area contributed by atoms with Gasteiger partial charge in [0.2, 0.25) is 0 Å². The van der Waals surface area contributed by atoms with Crippen LogP contribution in [0.5, 0.6) is 0 Å². The van der Waals surface area contributed by atoms with E-state index in [1.165, 1.54) is 18.2 Å². The minimum atomic E-state index is -1.80. The summed E-state index contributed by atoms with van der Waals surface area (Å²) in [7, 11) is 0. The minimum Gasteiger partial charge on any atom is -0.479 e. The van der Waals surface area contributed by atoms with Crippen LogP contribution in [0.25, 0.3) is 0 Å². The molecule has 4 N–H and O–H groups in total. The van der Waals surface area contributed by atoms with Gasteiger partial charge in [-0.1, -0.05) is 18.2 Å². The number of aliphatic hydroxyl groups is 1. The third-order valence-electron chi connectivity index (χ3n) is 1.86. The van der Waals surface area contributed by atoms with E-state index < -0.39 is 23.9 Å².